The molecule has 120 valence electrons. The van der Waals surface area contributed by atoms with E-state index in [0.717, 1.165) is 17.5 Å². The van der Waals surface area contributed by atoms with E-state index in [2.05, 4.69) is 0 Å². The Morgan fingerprint density at radius 2 is 1.62 bits per heavy atom. The van der Waals surface area contributed by atoms with Crippen molar-refractivity contribution in [2.24, 2.45) is 0 Å². The lowest BCUT2D eigenvalue weighted by atomic mass is 9.98. The summed E-state index contributed by atoms with van der Waals surface area (Å²) in [5.41, 5.74) is 3.58. The fraction of sp³-hybridized carbons (Fsp3) is 0.211. The van der Waals surface area contributed by atoms with Crippen molar-refractivity contribution in [1.29, 1.82) is 0 Å². The molecule has 0 aliphatic carbocycles. The lowest BCUT2D eigenvalue weighted by Gasteiger charge is -2.29. The second-order valence-corrected chi connectivity index (χ2v) is 6.13. The molecule has 0 radical (unpaired) electrons. The molecule has 5 nitrogen and oxygen atoms in total. The van der Waals surface area contributed by atoms with Gasteiger partial charge in [-0.05, 0) is 41.8 Å². The van der Waals surface area contributed by atoms with Crippen LogP contribution in [-0.4, -0.2) is 29.2 Å². The van der Waals surface area contributed by atoms with E-state index in [1.54, 1.807) is 36.1 Å². The number of carbonyl (C=O) groups is 3. The monoisotopic (exact) mass is 320 g/mol. The maximum atomic E-state index is 12.6. The first-order valence-corrected chi connectivity index (χ1v) is 7.91. The zero-order chi connectivity index (χ0) is 16.8. The topological polar surface area (TPSA) is 57.7 Å². The van der Waals surface area contributed by atoms with Gasteiger partial charge in [0.05, 0.1) is 16.8 Å². The molecule has 0 atom stereocenters. The van der Waals surface area contributed by atoms with Gasteiger partial charge in [-0.1, -0.05) is 18.2 Å². The summed E-state index contributed by atoms with van der Waals surface area (Å²) in [7, 11) is 0. The Bertz CT molecular complexity index is 853. The van der Waals surface area contributed by atoms with Gasteiger partial charge in [0.15, 0.2) is 0 Å². The third-order valence-corrected chi connectivity index (χ3v) is 4.70. The molecule has 0 fully saturated rings. The first-order chi connectivity index (χ1) is 11.6. The average Bonchev–Trinajstić information content (AvgIpc) is 2.85. The van der Waals surface area contributed by atoms with Gasteiger partial charge in [0.1, 0.15) is 0 Å². The van der Waals surface area contributed by atoms with Crippen LogP contribution in [0.5, 0.6) is 0 Å². The van der Waals surface area contributed by atoms with E-state index in [1.165, 1.54) is 4.90 Å². The van der Waals surface area contributed by atoms with Crippen LogP contribution in [0.25, 0.3) is 0 Å². The second-order valence-electron chi connectivity index (χ2n) is 6.13. The third-order valence-electron chi connectivity index (χ3n) is 4.70. The van der Waals surface area contributed by atoms with Crippen molar-refractivity contribution in [2.75, 3.05) is 11.4 Å². The van der Waals surface area contributed by atoms with Crippen LogP contribution in [-0.2, 0) is 17.8 Å². The third kappa shape index (κ3) is 2.12. The summed E-state index contributed by atoms with van der Waals surface area (Å²) in [5.74, 6) is -0.559. The van der Waals surface area contributed by atoms with Gasteiger partial charge in [-0.25, -0.2) is 4.90 Å². The highest BCUT2D eigenvalue weighted by Crippen LogP contribution is 2.31. The van der Waals surface area contributed by atoms with Crippen LogP contribution in [0.15, 0.2) is 42.5 Å². The Kier molecular flexibility index (Phi) is 3.23. The van der Waals surface area contributed by atoms with Crippen LogP contribution >= 0.6 is 0 Å². The standard InChI is InChI=1S/C19H16N2O3/c1-12(22)20-9-8-13-6-7-15(10-14(13)11-20)21-18(23)16-4-2-3-5-17(16)19(21)24/h2-7,10H,8-9,11H2,1H3. The van der Waals surface area contributed by atoms with Crippen LogP contribution in [0.1, 0.15) is 38.8 Å². The molecule has 0 aromatic heterocycles. The predicted molar refractivity (Wildman–Crippen MR) is 88.8 cm³/mol. The number of rotatable bonds is 1. The number of fused-ring (bicyclic) bond motifs is 2. The number of anilines is 1. The lowest BCUT2D eigenvalue weighted by Crippen LogP contribution is -2.35. The smallest absolute Gasteiger partial charge is 0.266 e. The number of imide groups is 1. The molecule has 5 heteroatoms. The van der Waals surface area contributed by atoms with Crippen molar-refractivity contribution in [1.82, 2.24) is 4.90 Å². The maximum Gasteiger partial charge on any atom is 0.266 e. The molecular formula is C19H16N2O3. The zero-order valence-corrected chi connectivity index (χ0v) is 13.3. The Labute approximate surface area is 139 Å². The Morgan fingerprint density at radius 3 is 2.25 bits per heavy atom. The summed E-state index contributed by atoms with van der Waals surface area (Å²) in [6.45, 7) is 2.77. The van der Waals surface area contributed by atoms with E-state index < -0.39 is 0 Å². The largest absolute Gasteiger partial charge is 0.338 e. The van der Waals surface area contributed by atoms with Gasteiger partial charge in [-0.3, -0.25) is 14.4 Å². The molecule has 2 heterocycles. The summed E-state index contributed by atoms with van der Waals surface area (Å²) in [6, 6.07) is 12.5. The Hall–Kier alpha value is -2.95. The zero-order valence-electron chi connectivity index (χ0n) is 13.3. The number of benzene rings is 2. The first-order valence-electron chi connectivity index (χ1n) is 7.91. The van der Waals surface area contributed by atoms with Gasteiger partial charge in [-0.15, -0.1) is 0 Å². The molecule has 0 saturated heterocycles. The Morgan fingerprint density at radius 1 is 0.958 bits per heavy atom. The number of nitrogens with zero attached hydrogens (tertiary/aromatic N) is 2. The van der Waals surface area contributed by atoms with E-state index in [1.807, 2.05) is 18.2 Å². The maximum absolute atomic E-state index is 12.6. The van der Waals surface area contributed by atoms with Crippen molar-refractivity contribution >= 4 is 23.4 Å². The minimum absolute atomic E-state index is 0.0341. The van der Waals surface area contributed by atoms with E-state index in [4.69, 9.17) is 0 Å². The highest BCUT2D eigenvalue weighted by Gasteiger charge is 2.36. The summed E-state index contributed by atoms with van der Waals surface area (Å²) in [4.78, 5) is 39.8. The molecule has 24 heavy (non-hydrogen) atoms. The van der Waals surface area contributed by atoms with E-state index in [9.17, 15) is 14.4 Å². The van der Waals surface area contributed by atoms with Gasteiger partial charge in [0.2, 0.25) is 5.91 Å². The van der Waals surface area contributed by atoms with Crippen LogP contribution in [0.3, 0.4) is 0 Å². The Balaban J connectivity index is 1.72. The van der Waals surface area contributed by atoms with Crippen LogP contribution < -0.4 is 4.90 Å². The first kappa shape index (κ1) is 14.6. The van der Waals surface area contributed by atoms with Crippen LogP contribution in [0, 0.1) is 0 Å². The quantitative estimate of drug-likeness (QED) is 0.758. The minimum atomic E-state index is -0.296. The molecule has 0 bridgehead atoms. The van der Waals surface area contributed by atoms with Crippen LogP contribution in [0.4, 0.5) is 5.69 Å². The van der Waals surface area contributed by atoms with Crippen LogP contribution in [0.2, 0.25) is 0 Å². The molecule has 0 spiro atoms. The fourth-order valence-corrected chi connectivity index (χ4v) is 3.38. The van der Waals surface area contributed by atoms with Crippen molar-refractivity contribution in [3.63, 3.8) is 0 Å². The SMILES string of the molecule is CC(=O)N1CCc2ccc(N3C(=O)c4ccccc4C3=O)cc2C1. The van der Waals surface area contributed by atoms with Gasteiger partial charge in [0, 0.05) is 20.0 Å². The number of hydrogen-bond donors (Lipinski definition) is 0. The number of hydrogen-bond acceptors (Lipinski definition) is 3. The lowest BCUT2D eigenvalue weighted by molar-refractivity contribution is -0.129. The van der Waals surface area contributed by atoms with E-state index in [-0.39, 0.29) is 17.7 Å². The molecule has 0 N–H and O–H groups in total. The molecule has 0 unspecified atom stereocenters. The van der Waals surface area contributed by atoms with Crippen molar-refractivity contribution in [3.8, 4) is 0 Å². The molecular weight excluding hydrogens is 304 g/mol. The van der Waals surface area contributed by atoms with Crippen molar-refractivity contribution < 1.29 is 14.4 Å². The molecule has 2 aliphatic heterocycles. The van der Waals surface area contributed by atoms with Crippen molar-refractivity contribution in [2.45, 2.75) is 19.9 Å². The number of amides is 3. The summed E-state index contributed by atoms with van der Waals surface area (Å²) in [5, 5.41) is 0. The highest BCUT2D eigenvalue weighted by molar-refractivity contribution is 6.34. The van der Waals surface area contributed by atoms with Crippen molar-refractivity contribution in [3.05, 3.63) is 64.7 Å². The molecule has 0 saturated carbocycles. The molecule has 3 amide bonds. The number of carbonyl (C=O) groups excluding carboxylic acids is 3. The molecule has 2 aliphatic rings. The minimum Gasteiger partial charge on any atom is -0.338 e. The molecule has 2 aromatic rings. The normalized spacial score (nSPS) is 16.2. The van der Waals surface area contributed by atoms with Gasteiger partial charge in [0.25, 0.3) is 11.8 Å². The van der Waals surface area contributed by atoms with Gasteiger partial charge < -0.3 is 4.90 Å². The fourth-order valence-electron chi connectivity index (χ4n) is 3.38. The molecule has 2 aromatic carbocycles. The van der Waals surface area contributed by atoms with E-state index >= 15 is 0 Å². The highest BCUT2D eigenvalue weighted by atomic mass is 16.2. The van der Waals surface area contributed by atoms with Gasteiger partial charge >= 0.3 is 0 Å². The molecule has 4 rings (SSSR count). The summed E-state index contributed by atoms with van der Waals surface area (Å²) in [6.07, 6.45) is 0.789. The average molecular weight is 320 g/mol. The summed E-state index contributed by atoms with van der Waals surface area (Å²) < 4.78 is 0. The second kappa shape index (κ2) is 5.30. The summed E-state index contributed by atoms with van der Waals surface area (Å²) >= 11 is 0. The van der Waals surface area contributed by atoms with Gasteiger partial charge in [-0.2, -0.15) is 0 Å². The van der Waals surface area contributed by atoms with E-state index in [0.29, 0.717) is 29.9 Å². The predicted octanol–water partition coefficient (Wildman–Crippen LogP) is 2.39.